The van der Waals surface area contributed by atoms with Gasteiger partial charge in [-0.2, -0.15) is 0 Å². The first-order valence-electron chi connectivity index (χ1n) is 6.07. The number of hydrogen-bond donors (Lipinski definition) is 2. The standard InChI is InChI=1S/C15H17NO2S/c1-15(2,13(16)14(17)18)12-9-8-11(19-12)10-6-4-3-5-7-10/h3-9,13H,16H2,1-2H3,(H,17,18). The summed E-state index contributed by atoms with van der Waals surface area (Å²) < 4.78 is 0. The first kappa shape index (κ1) is 13.8. The van der Waals surface area contributed by atoms with E-state index in [-0.39, 0.29) is 0 Å². The summed E-state index contributed by atoms with van der Waals surface area (Å²) in [6.45, 7) is 3.73. The number of carboxylic acid groups (broad SMARTS) is 1. The van der Waals surface area contributed by atoms with Crippen LogP contribution in [0.5, 0.6) is 0 Å². The lowest BCUT2D eigenvalue weighted by atomic mass is 9.83. The number of thiophene rings is 1. The highest BCUT2D eigenvalue weighted by atomic mass is 32.1. The molecule has 4 heteroatoms. The van der Waals surface area contributed by atoms with Crippen LogP contribution in [0.15, 0.2) is 42.5 Å². The molecule has 0 radical (unpaired) electrons. The molecule has 0 aliphatic carbocycles. The summed E-state index contributed by atoms with van der Waals surface area (Å²) >= 11 is 1.60. The molecule has 0 aliphatic rings. The second-order valence-corrected chi connectivity index (χ2v) is 6.15. The average molecular weight is 275 g/mol. The van der Waals surface area contributed by atoms with Crippen LogP contribution >= 0.6 is 11.3 Å². The van der Waals surface area contributed by atoms with Crippen molar-refractivity contribution in [2.45, 2.75) is 25.3 Å². The smallest absolute Gasteiger partial charge is 0.321 e. The van der Waals surface area contributed by atoms with Gasteiger partial charge in [-0.3, -0.25) is 4.79 Å². The Morgan fingerprint density at radius 2 is 1.84 bits per heavy atom. The molecule has 1 heterocycles. The van der Waals surface area contributed by atoms with Crippen molar-refractivity contribution < 1.29 is 9.90 Å². The molecule has 1 atom stereocenters. The van der Waals surface area contributed by atoms with E-state index in [1.54, 1.807) is 11.3 Å². The van der Waals surface area contributed by atoms with Crippen molar-refractivity contribution >= 4 is 17.3 Å². The third kappa shape index (κ3) is 2.69. The van der Waals surface area contributed by atoms with Gasteiger partial charge in [-0.1, -0.05) is 44.2 Å². The van der Waals surface area contributed by atoms with E-state index in [4.69, 9.17) is 10.8 Å². The van der Waals surface area contributed by atoms with E-state index in [0.717, 1.165) is 15.3 Å². The van der Waals surface area contributed by atoms with Gasteiger partial charge in [0.25, 0.3) is 0 Å². The molecule has 3 nitrogen and oxygen atoms in total. The minimum Gasteiger partial charge on any atom is -0.480 e. The van der Waals surface area contributed by atoms with Crippen LogP contribution in [0.4, 0.5) is 0 Å². The first-order valence-corrected chi connectivity index (χ1v) is 6.88. The Bertz CT molecular complexity index is 575. The van der Waals surface area contributed by atoms with Gasteiger partial charge in [-0.15, -0.1) is 11.3 Å². The maximum absolute atomic E-state index is 11.1. The lowest BCUT2D eigenvalue weighted by Crippen LogP contribution is -2.46. The van der Waals surface area contributed by atoms with E-state index in [1.807, 2.05) is 56.3 Å². The van der Waals surface area contributed by atoms with Gasteiger partial charge in [0, 0.05) is 15.2 Å². The van der Waals surface area contributed by atoms with Gasteiger partial charge in [0.2, 0.25) is 0 Å². The van der Waals surface area contributed by atoms with Crippen LogP contribution in [-0.4, -0.2) is 17.1 Å². The van der Waals surface area contributed by atoms with Gasteiger partial charge < -0.3 is 10.8 Å². The van der Waals surface area contributed by atoms with Gasteiger partial charge in [0.1, 0.15) is 6.04 Å². The highest BCUT2D eigenvalue weighted by molar-refractivity contribution is 7.15. The van der Waals surface area contributed by atoms with Gasteiger partial charge in [0.15, 0.2) is 0 Å². The molecule has 2 rings (SSSR count). The van der Waals surface area contributed by atoms with E-state index >= 15 is 0 Å². The number of hydrogen-bond acceptors (Lipinski definition) is 3. The van der Waals surface area contributed by atoms with E-state index in [9.17, 15) is 4.79 Å². The third-order valence-corrected chi connectivity index (χ3v) is 4.82. The number of carboxylic acids is 1. The molecule has 1 aromatic heterocycles. The van der Waals surface area contributed by atoms with E-state index in [2.05, 4.69) is 0 Å². The summed E-state index contributed by atoms with van der Waals surface area (Å²) in [6.07, 6.45) is 0. The average Bonchev–Trinajstić information content (AvgIpc) is 2.89. The molecule has 0 saturated heterocycles. The van der Waals surface area contributed by atoms with Crippen molar-refractivity contribution in [2.24, 2.45) is 5.73 Å². The van der Waals surface area contributed by atoms with Crippen LogP contribution in [0.2, 0.25) is 0 Å². The van der Waals surface area contributed by atoms with E-state index in [0.29, 0.717) is 0 Å². The number of aliphatic carboxylic acids is 1. The Hall–Kier alpha value is -1.65. The van der Waals surface area contributed by atoms with E-state index < -0.39 is 17.4 Å². The normalized spacial score (nSPS) is 13.2. The molecule has 0 fully saturated rings. The summed E-state index contributed by atoms with van der Waals surface area (Å²) in [5, 5.41) is 9.08. The molecule has 1 unspecified atom stereocenters. The predicted octanol–water partition coefficient (Wildman–Crippen LogP) is 3.10. The summed E-state index contributed by atoms with van der Waals surface area (Å²) in [7, 11) is 0. The molecule has 3 N–H and O–H groups in total. The van der Waals surface area contributed by atoms with Crippen molar-refractivity contribution in [2.75, 3.05) is 0 Å². The maximum Gasteiger partial charge on any atom is 0.321 e. The predicted molar refractivity (Wildman–Crippen MR) is 78.4 cm³/mol. The number of nitrogens with two attached hydrogens (primary N) is 1. The molecule has 1 aromatic carbocycles. The number of benzene rings is 1. The Balaban J connectivity index is 2.34. The van der Waals surface area contributed by atoms with E-state index in [1.165, 1.54) is 0 Å². The topological polar surface area (TPSA) is 63.3 Å². The minimum atomic E-state index is -0.973. The Morgan fingerprint density at radius 3 is 2.42 bits per heavy atom. The maximum atomic E-state index is 11.1. The monoisotopic (exact) mass is 275 g/mol. The molecule has 0 spiro atoms. The fraction of sp³-hybridized carbons (Fsp3) is 0.267. The van der Waals surface area contributed by atoms with Crippen LogP contribution < -0.4 is 5.73 Å². The van der Waals surface area contributed by atoms with Crippen LogP contribution in [0.3, 0.4) is 0 Å². The van der Waals surface area contributed by atoms with Crippen LogP contribution in [-0.2, 0) is 10.2 Å². The quantitative estimate of drug-likeness (QED) is 0.901. The number of rotatable bonds is 4. The van der Waals surface area contributed by atoms with Gasteiger partial charge in [0.05, 0.1) is 0 Å². The van der Waals surface area contributed by atoms with Crippen molar-refractivity contribution in [3.05, 3.63) is 47.3 Å². The Kier molecular flexibility index (Phi) is 3.73. The molecule has 0 aliphatic heterocycles. The minimum absolute atomic E-state index is 0.580. The summed E-state index contributed by atoms with van der Waals surface area (Å²) in [5.41, 5.74) is 6.34. The molecule has 0 amide bonds. The SMILES string of the molecule is CC(C)(c1ccc(-c2ccccc2)s1)C(N)C(=O)O. The zero-order chi connectivity index (χ0) is 14.0. The molecule has 100 valence electrons. The van der Waals surface area contributed by atoms with Crippen molar-refractivity contribution in [1.29, 1.82) is 0 Å². The molecular weight excluding hydrogens is 258 g/mol. The highest BCUT2D eigenvalue weighted by Crippen LogP contribution is 2.36. The van der Waals surface area contributed by atoms with Crippen LogP contribution in [0, 0.1) is 0 Å². The van der Waals surface area contributed by atoms with Crippen molar-refractivity contribution in [3.8, 4) is 10.4 Å². The van der Waals surface area contributed by atoms with Gasteiger partial charge in [-0.05, 0) is 17.7 Å². The fourth-order valence-electron chi connectivity index (χ4n) is 1.90. The van der Waals surface area contributed by atoms with Crippen molar-refractivity contribution in [3.63, 3.8) is 0 Å². The zero-order valence-corrected chi connectivity index (χ0v) is 11.8. The third-order valence-electron chi connectivity index (χ3n) is 3.34. The number of carbonyl (C=O) groups is 1. The second-order valence-electron chi connectivity index (χ2n) is 5.07. The lowest BCUT2D eigenvalue weighted by Gasteiger charge is -2.27. The zero-order valence-electron chi connectivity index (χ0n) is 11.0. The molecule has 19 heavy (non-hydrogen) atoms. The largest absolute Gasteiger partial charge is 0.480 e. The summed E-state index contributed by atoms with van der Waals surface area (Å²) in [6, 6.07) is 13.1. The Morgan fingerprint density at radius 1 is 1.21 bits per heavy atom. The van der Waals surface area contributed by atoms with Gasteiger partial charge in [-0.25, -0.2) is 0 Å². The fourth-order valence-corrected chi connectivity index (χ4v) is 3.06. The molecule has 0 saturated carbocycles. The molecule has 2 aromatic rings. The van der Waals surface area contributed by atoms with Crippen molar-refractivity contribution in [1.82, 2.24) is 0 Å². The Labute approximate surface area is 116 Å². The molecular formula is C15H17NO2S. The van der Waals surface area contributed by atoms with Gasteiger partial charge >= 0.3 is 5.97 Å². The second kappa shape index (κ2) is 5.15. The molecule has 0 bridgehead atoms. The van der Waals surface area contributed by atoms with Crippen LogP contribution in [0.25, 0.3) is 10.4 Å². The van der Waals surface area contributed by atoms with Crippen LogP contribution in [0.1, 0.15) is 18.7 Å². The lowest BCUT2D eigenvalue weighted by molar-refractivity contribution is -0.140. The summed E-state index contributed by atoms with van der Waals surface area (Å²) in [5.74, 6) is -0.973. The summed E-state index contributed by atoms with van der Waals surface area (Å²) in [4.78, 5) is 13.2. The highest BCUT2D eigenvalue weighted by Gasteiger charge is 2.35. The first-order chi connectivity index (χ1) is 8.93.